The summed E-state index contributed by atoms with van der Waals surface area (Å²) in [5, 5.41) is 0. The van der Waals surface area contributed by atoms with Crippen LogP contribution in [0.1, 0.15) is 27.8 Å². The maximum absolute atomic E-state index is 5.61. The predicted molar refractivity (Wildman–Crippen MR) is 230 cm³/mol. The fraction of sp³-hybridized carbons (Fsp3) is 0.0370. The average molecular weight is 713 g/mol. The van der Waals surface area contributed by atoms with Crippen molar-refractivity contribution in [2.24, 2.45) is 0 Å². The zero-order chi connectivity index (χ0) is 37.2. The molecule has 0 amide bonds. The molecule has 0 saturated carbocycles. The second-order valence-corrected chi connectivity index (χ2v) is 14.9. The monoisotopic (exact) mass is 712 g/mol. The van der Waals surface area contributed by atoms with Crippen LogP contribution < -0.4 is 0 Å². The van der Waals surface area contributed by atoms with Crippen LogP contribution in [0.5, 0.6) is 0 Å². The maximum Gasteiger partial charge on any atom is 0.160 e. The van der Waals surface area contributed by atoms with Crippen LogP contribution in [0.3, 0.4) is 0 Å². The molecule has 2 nitrogen and oxygen atoms in total. The van der Waals surface area contributed by atoms with Crippen molar-refractivity contribution in [3.8, 4) is 78.4 Å². The largest absolute Gasteiger partial charge is 0.228 e. The van der Waals surface area contributed by atoms with Crippen molar-refractivity contribution < 1.29 is 0 Å². The minimum atomic E-state index is -0.523. The van der Waals surface area contributed by atoms with E-state index in [9.17, 15) is 0 Å². The lowest BCUT2D eigenvalue weighted by molar-refractivity contribution is 0.794. The standard InChI is InChI=1S/C54H36N2/c1-35-51(40-23-14-21-38(33-40)36-17-4-2-5-18-36)55-53(56-52(35)41-24-15-22-39(34-41)37-19-6-3-7-20-37)46-29-16-28-45-44-27-10-13-32-49(44)54(50(45)46)47-30-11-8-25-42(47)43-26-9-12-31-48(43)54/h2-34H,1H3. The predicted octanol–water partition coefficient (Wildman–Crippen LogP) is 13.5. The number of hydrogen-bond donors (Lipinski definition) is 0. The fourth-order valence-corrected chi connectivity index (χ4v) is 9.49. The summed E-state index contributed by atoms with van der Waals surface area (Å²) in [6, 6.07) is 72.4. The Labute approximate surface area is 327 Å². The third-order valence-electron chi connectivity index (χ3n) is 11.9. The Morgan fingerprint density at radius 2 is 0.679 bits per heavy atom. The summed E-state index contributed by atoms with van der Waals surface area (Å²) >= 11 is 0. The molecule has 1 spiro atoms. The first kappa shape index (κ1) is 32.3. The van der Waals surface area contributed by atoms with E-state index in [0.717, 1.165) is 50.6 Å². The molecule has 2 aliphatic rings. The molecule has 11 rings (SSSR count). The summed E-state index contributed by atoms with van der Waals surface area (Å²) in [6.45, 7) is 2.18. The lowest BCUT2D eigenvalue weighted by Gasteiger charge is -2.32. The summed E-state index contributed by atoms with van der Waals surface area (Å²) in [4.78, 5) is 11.2. The van der Waals surface area contributed by atoms with Gasteiger partial charge in [0.05, 0.1) is 16.8 Å². The summed E-state index contributed by atoms with van der Waals surface area (Å²) in [7, 11) is 0. The molecule has 0 unspecified atom stereocenters. The summed E-state index contributed by atoms with van der Waals surface area (Å²) in [5.41, 5.74) is 20.4. The molecule has 0 fully saturated rings. The van der Waals surface area contributed by atoms with Crippen molar-refractivity contribution in [3.05, 3.63) is 228 Å². The number of benzene rings is 8. The minimum absolute atomic E-state index is 0.523. The molecule has 0 aliphatic heterocycles. The molecule has 0 saturated heterocycles. The van der Waals surface area contributed by atoms with Gasteiger partial charge in [0.1, 0.15) is 0 Å². The van der Waals surface area contributed by atoms with Gasteiger partial charge in [-0.2, -0.15) is 0 Å². The van der Waals surface area contributed by atoms with Crippen molar-refractivity contribution in [2.75, 3.05) is 0 Å². The molecule has 9 aromatic rings. The van der Waals surface area contributed by atoms with Gasteiger partial charge < -0.3 is 0 Å². The Morgan fingerprint density at radius 1 is 0.321 bits per heavy atom. The molecule has 2 aliphatic carbocycles. The van der Waals surface area contributed by atoms with Gasteiger partial charge in [0.25, 0.3) is 0 Å². The van der Waals surface area contributed by atoms with Crippen molar-refractivity contribution in [1.82, 2.24) is 9.97 Å². The Balaban J connectivity index is 1.21. The second-order valence-electron chi connectivity index (χ2n) is 14.9. The first-order valence-electron chi connectivity index (χ1n) is 19.3. The van der Waals surface area contributed by atoms with Crippen LogP contribution in [0.25, 0.3) is 78.4 Å². The third kappa shape index (κ3) is 4.76. The number of hydrogen-bond acceptors (Lipinski definition) is 2. The van der Waals surface area contributed by atoms with Crippen molar-refractivity contribution >= 4 is 0 Å². The van der Waals surface area contributed by atoms with Gasteiger partial charge >= 0.3 is 0 Å². The van der Waals surface area contributed by atoms with Crippen LogP contribution in [0.15, 0.2) is 200 Å². The lowest BCUT2D eigenvalue weighted by atomic mass is 9.69. The third-order valence-corrected chi connectivity index (χ3v) is 11.9. The van der Waals surface area contributed by atoms with Crippen LogP contribution >= 0.6 is 0 Å². The maximum atomic E-state index is 5.61. The van der Waals surface area contributed by atoms with Crippen LogP contribution in [0.2, 0.25) is 0 Å². The van der Waals surface area contributed by atoms with Crippen LogP contribution in [-0.2, 0) is 5.41 Å². The van der Waals surface area contributed by atoms with E-state index < -0.39 is 5.41 Å². The van der Waals surface area contributed by atoms with E-state index >= 15 is 0 Å². The van der Waals surface area contributed by atoms with E-state index in [1.54, 1.807) is 0 Å². The Kier molecular flexibility index (Phi) is 7.33. The van der Waals surface area contributed by atoms with Crippen molar-refractivity contribution in [3.63, 3.8) is 0 Å². The van der Waals surface area contributed by atoms with E-state index in [0.29, 0.717) is 0 Å². The Bertz CT molecular complexity index is 2810. The molecule has 1 aromatic heterocycles. The minimum Gasteiger partial charge on any atom is -0.228 e. The molecule has 0 bridgehead atoms. The molecule has 0 radical (unpaired) electrons. The van der Waals surface area contributed by atoms with Crippen molar-refractivity contribution in [2.45, 2.75) is 12.3 Å². The highest BCUT2D eigenvalue weighted by molar-refractivity contribution is 5.98. The topological polar surface area (TPSA) is 25.8 Å². The lowest BCUT2D eigenvalue weighted by Crippen LogP contribution is -2.26. The Hall–Kier alpha value is -7.16. The zero-order valence-corrected chi connectivity index (χ0v) is 30.9. The number of fused-ring (bicyclic) bond motifs is 10. The quantitative estimate of drug-likeness (QED) is 0.178. The molecule has 262 valence electrons. The molecule has 2 heteroatoms. The van der Waals surface area contributed by atoms with E-state index in [-0.39, 0.29) is 0 Å². The first-order valence-corrected chi connectivity index (χ1v) is 19.3. The summed E-state index contributed by atoms with van der Waals surface area (Å²) in [5.74, 6) is 0.724. The zero-order valence-electron chi connectivity index (χ0n) is 30.9. The molecular weight excluding hydrogens is 677 g/mol. The number of aromatic nitrogens is 2. The van der Waals surface area contributed by atoms with E-state index in [1.807, 2.05) is 0 Å². The fourth-order valence-electron chi connectivity index (χ4n) is 9.49. The second kappa shape index (κ2) is 12.7. The molecule has 56 heavy (non-hydrogen) atoms. The molecular formula is C54H36N2. The van der Waals surface area contributed by atoms with Gasteiger partial charge in [0.2, 0.25) is 0 Å². The summed E-state index contributed by atoms with van der Waals surface area (Å²) in [6.07, 6.45) is 0. The van der Waals surface area contributed by atoms with E-state index in [4.69, 9.17) is 9.97 Å². The normalized spacial score (nSPS) is 12.9. The van der Waals surface area contributed by atoms with Gasteiger partial charge in [0.15, 0.2) is 5.82 Å². The van der Waals surface area contributed by atoms with Gasteiger partial charge in [-0.05, 0) is 85.8 Å². The summed E-state index contributed by atoms with van der Waals surface area (Å²) < 4.78 is 0. The van der Waals surface area contributed by atoms with Gasteiger partial charge in [-0.3, -0.25) is 0 Å². The highest BCUT2D eigenvalue weighted by Gasteiger charge is 2.52. The van der Waals surface area contributed by atoms with E-state index in [2.05, 4.69) is 207 Å². The van der Waals surface area contributed by atoms with Crippen LogP contribution in [0.4, 0.5) is 0 Å². The number of nitrogens with zero attached hydrogens (tertiary/aromatic N) is 2. The highest BCUT2D eigenvalue weighted by Crippen LogP contribution is 2.64. The molecule has 8 aromatic carbocycles. The Morgan fingerprint density at radius 3 is 1.18 bits per heavy atom. The first-order chi connectivity index (χ1) is 27.7. The number of rotatable bonds is 5. The van der Waals surface area contributed by atoms with Gasteiger partial charge in [-0.15, -0.1) is 0 Å². The van der Waals surface area contributed by atoms with E-state index in [1.165, 1.54) is 55.6 Å². The van der Waals surface area contributed by atoms with Crippen molar-refractivity contribution in [1.29, 1.82) is 0 Å². The van der Waals surface area contributed by atoms with Crippen LogP contribution in [-0.4, -0.2) is 9.97 Å². The molecule has 0 atom stereocenters. The highest BCUT2D eigenvalue weighted by atomic mass is 14.9. The average Bonchev–Trinajstić information content (AvgIpc) is 3.75. The smallest absolute Gasteiger partial charge is 0.160 e. The van der Waals surface area contributed by atoms with Gasteiger partial charge in [0, 0.05) is 22.3 Å². The van der Waals surface area contributed by atoms with Crippen LogP contribution in [0, 0.1) is 6.92 Å². The van der Waals surface area contributed by atoms with Gasteiger partial charge in [-0.1, -0.05) is 188 Å². The molecule has 1 heterocycles. The van der Waals surface area contributed by atoms with Gasteiger partial charge in [-0.25, -0.2) is 9.97 Å². The molecule has 0 N–H and O–H groups in total. The SMILES string of the molecule is Cc1c(-c2cccc(-c3ccccc3)c2)nc(-c2cccc3c2C2(c4ccccc4-c4ccccc42)c2ccccc2-3)nc1-c1cccc(-c2ccccc2)c1.